The number of benzene rings is 2. The van der Waals surface area contributed by atoms with E-state index in [0.717, 1.165) is 38.3 Å². The summed E-state index contributed by atoms with van der Waals surface area (Å²) in [5, 5.41) is 14.7. The minimum absolute atomic E-state index is 0.519. The first-order valence-electron chi connectivity index (χ1n) is 9.61. The third-order valence-corrected chi connectivity index (χ3v) is 4.97. The third-order valence-electron chi connectivity index (χ3n) is 4.97. The summed E-state index contributed by atoms with van der Waals surface area (Å²) in [6.07, 6.45) is 5.45. The standard InChI is InChI=1S/C22H27N5/c23-18-25-22(26-21-9-5-2-6-10-21)24-14-11-19-12-15-27(16-13-19)17-20-7-3-1-4-8-20/h1-10,19H,11-17H2,(H2,24,25,26). The van der Waals surface area contributed by atoms with E-state index in [1.54, 1.807) is 0 Å². The summed E-state index contributed by atoms with van der Waals surface area (Å²) >= 11 is 0. The molecule has 1 heterocycles. The average molecular weight is 361 g/mol. The van der Waals surface area contributed by atoms with E-state index in [-0.39, 0.29) is 0 Å². The minimum Gasteiger partial charge on any atom is -0.326 e. The number of para-hydroxylation sites is 1. The van der Waals surface area contributed by atoms with Gasteiger partial charge in [-0.05, 0) is 56.0 Å². The van der Waals surface area contributed by atoms with Crippen LogP contribution in [0.25, 0.3) is 0 Å². The molecule has 0 atom stereocenters. The number of anilines is 1. The highest BCUT2D eigenvalue weighted by molar-refractivity contribution is 5.94. The molecule has 2 aromatic rings. The van der Waals surface area contributed by atoms with Crippen molar-refractivity contribution in [2.24, 2.45) is 10.9 Å². The summed E-state index contributed by atoms with van der Waals surface area (Å²) in [4.78, 5) is 7.08. The fourth-order valence-electron chi connectivity index (χ4n) is 3.46. The van der Waals surface area contributed by atoms with Gasteiger partial charge < -0.3 is 5.32 Å². The first kappa shape index (κ1) is 18.9. The first-order chi connectivity index (χ1) is 13.3. The van der Waals surface area contributed by atoms with Crippen molar-refractivity contribution in [2.45, 2.75) is 25.8 Å². The second-order valence-electron chi connectivity index (χ2n) is 6.95. The van der Waals surface area contributed by atoms with Gasteiger partial charge in [0.15, 0.2) is 6.19 Å². The molecular formula is C22H27N5. The fraction of sp³-hybridized carbons (Fsp3) is 0.364. The second-order valence-corrected chi connectivity index (χ2v) is 6.95. The Labute approximate surface area is 161 Å². The van der Waals surface area contributed by atoms with E-state index in [4.69, 9.17) is 5.26 Å². The Morgan fingerprint density at radius 1 is 1.04 bits per heavy atom. The van der Waals surface area contributed by atoms with Gasteiger partial charge in [0.2, 0.25) is 5.96 Å². The molecular weight excluding hydrogens is 334 g/mol. The number of nitriles is 1. The predicted molar refractivity (Wildman–Crippen MR) is 110 cm³/mol. The molecule has 1 aliphatic heterocycles. The summed E-state index contributed by atoms with van der Waals surface area (Å²) in [6, 6.07) is 20.5. The van der Waals surface area contributed by atoms with Gasteiger partial charge in [-0.25, -0.2) is 0 Å². The van der Waals surface area contributed by atoms with Crippen molar-refractivity contribution in [3.63, 3.8) is 0 Å². The Morgan fingerprint density at radius 2 is 1.70 bits per heavy atom. The Bertz CT molecular complexity index is 743. The Hall–Kier alpha value is -2.84. The molecule has 0 saturated carbocycles. The maximum absolute atomic E-state index is 8.93. The Morgan fingerprint density at radius 3 is 2.37 bits per heavy atom. The number of piperidine rings is 1. The molecule has 1 saturated heterocycles. The Kier molecular flexibility index (Phi) is 7.25. The topological polar surface area (TPSA) is 63.5 Å². The maximum atomic E-state index is 8.93. The molecule has 27 heavy (non-hydrogen) atoms. The van der Waals surface area contributed by atoms with Gasteiger partial charge in [-0.2, -0.15) is 5.26 Å². The highest BCUT2D eigenvalue weighted by atomic mass is 15.2. The van der Waals surface area contributed by atoms with Crippen LogP contribution in [0.15, 0.2) is 65.7 Å². The van der Waals surface area contributed by atoms with E-state index >= 15 is 0 Å². The molecule has 0 radical (unpaired) electrons. The zero-order chi connectivity index (χ0) is 18.7. The van der Waals surface area contributed by atoms with Gasteiger partial charge in [-0.1, -0.05) is 48.5 Å². The second kappa shape index (κ2) is 10.3. The van der Waals surface area contributed by atoms with Gasteiger partial charge in [0.05, 0.1) is 0 Å². The smallest absolute Gasteiger partial charge is 0.209 e. The fourth-order valence-corrected chi connectivity index (χ4v) is 3.46. The summed E-state index contributed by atoms with van der Waals surface area (Å²) in [5.41, 5.74) is 2.31. The average Bonchev–Trinajstić information content (AvgIpc) is 2.71. The third kappa shape index (κ3) is 6.43. The largest absolute Gasteiger partial charge is 0.326 e. The SMILES string of the molecule is N#CNC(=NCCC1CCN(Cc2ccccc2)CC1)Nc1ccccc1. The number of hydrogen-bond donors (Lipinski definition) is 2. The molecule has 0 spiro atoms. The number of guanidine groups is 1. The zero-order valence-corrected chi connectivity index (χ0v) is 15.6. The van der Waals surface area contributed by atoms with Crippen LogP contribution in [0.3, 0.4) is 0 Å². The number of nitrogens with zero attached hydrogens (tertiary/aromatic N) is 3. The van der Waals surface area contributed by atoms with Crippen LogP contribution in [0.5, 0.6) is 0 Å². The van der Waals surface area contributed by atoms with Gasteiger partial charge in [-0.15, -0.1) is 0 Å². The van der Waals surface area contributed by atoms with Crippen molar-refractivity contribution in [2.75, 3.05) is 25.0 Å². The van der Waals surface area contributed by atoms with E-state index < -0.39 is 0 Å². The minimum atomic E-state index is 0.519. The van der Waals surface area contributed by atoms with Crippen molar-refractivity contribution in [1.29, 1.82) is 5.26 Å². The van der Waals surface area contributed by atoms with E-state index in [2.05, 4.69) is 50.9 Å². The van der Waals surface area contributed by atoms with Gasteiger partial charge >= 0.3 is 0 Å². The predicted octanol–water partition coefficient (Wildman–Crippen LogP) is 3.83. The molecule has 2 aromatic carbocycles. The van der Waals surface area contributed by atoms with Crippen LogP contribution in [0.1, 0.15) is 24.8 Å². The summed E-state index contributed by atoms with van der Waals surface area (Å²) in [5.74, 6) is 1.23. The van der Waals surface area contributed by atoms with E-state index in [0.29, 0.717) is 11.9 Å². The van der Waals surface area contributed by atoms with Crippen LogP contribution in [0.2, 0.25) is 0 Å². The van der Waals surface area contributed by atoms with Gasteiger partial charge in [0, 0.05) is 18.8 Å². The molecule has 0 aromatic heterocycles. The number of nitrogens with one attached hydrogen (secondary N) is 2. The van der Waals surface area contributed by atoms with Gasteiger partial charge in [0.1, 0.15) is 0 Å². The molecule has 5 nitrogen and oxygen atoms in total. The molecule has 5 heteroatoms. The first-order valence-corrected chi connectivity index (χ1v) is 9.61. The molecule has 1 aliphatic rings. The van der Waals surface area contributed by atoms with Crippen molar-refractivity contribution >= 4 is 11.6 Å². The number of rotatable bonds is 6. The maximum Gasteiger partial charge on any atom is 0.209 e. The van der Waals surface area contributed by atoms with Crippen LogP contribution in [-0.2, 0) is 6.54 Å². The lowest BCUT2D eigenvalue weighted by atomic mass is 9.93. The normalized spacial score (nSPS) is 15.9. The van der Waals surface area contributed by atoms with Crippen molar-refractivity contribution in [1.82, 2.24) is 10.2 Å². The molecule has 140 valence electrons. The summed E-state index contributed by atoms with van der Waals surface area (Å²) in [7, 11) is 0. The number of hydrogen-bond acceptors (Lipinski definition) is 3. The quantitative estimate of drug-likeness (QED) is 0.355. The van der Waals surface area contributed by atoms with Crippen LogP contribution in [0.4, 0.5) is 5.69 Å². The summed E-state index contributed by atoms with van der Waals surface area (Å²) < 4.78 is 0. The molecule has 3 rings (SSSR count). The number of aliphatic imine (C=N–C) groups is 1. The monoisotopic (exact) mass is 361 g/mol. The van der Waals surface area contributed by atoms with Crippen LogP contribution in [0, 0.1) is 17.4 Å². The number of likely N-dealkylation sites (tertiary alicyclic amines) is 1. The van der Waals surface area contributed by atoms with Crippen molar-refractivity contribution in [3.05, 3.63) is 66.2 Å². The van der Waals surface area contributed by atoms with Crippen molar-refractivity contribution in [3.8, 4) is 6.19 Å². The van der Waals surface area contributed by atoms with Crippen LogP contribution < -0.4 is 10.6 Å². The Balaban J connectivity index is 1.42. The highest BCUT2D eigenvalue weighted by Gasteiger charge is 2.18. The zero-order valence-electron chi connectivity index (χ0n) is 15.6. The van der Waals surface area contributed by atoms with E-state index in [1.165, 1.54) is 18.4 Å². The van der Waals surface area contributed by atoms with E-state index in [9.17, 15) is 0 Å². The van der Waals surface area contributed by atoms with Crippen LogP contribution >= 0.6 is 0 Å². The lowest BCUT2D eigenvalue weighted by molar-refractivity contribution is 0.173. The molecule has 2 N–H and O–H groups in total. The van der Waals surface area contributed by atoms with Crippen LogP contribution in [-0.4, -0.2) is 30.5 Å². The lowest BCUT2D eigenvalue weighted by Crippen LogP contribution is -2.33. The molecule has 0 bridgehead atoms. The summed E-state index contributed by atoms with van der Waals surface area (Å²) in [6.45, 7) is 4.07. The van der Waals surface area contributed by atoms with E-state index in [1.807, 2.05) is 36.5 Å². The molecule has 0 aliphatic carbocycles. The lowest BCUT2D eigenvalue weighted by Gasteiger charge is -2.31. The molecule has 0 amide bonds. The van der Waals surface area contributed by atoms with Gasteiger partial charge in [0.25, 0.3) is 0 Å². The molecule has 0 unspecified atom stereocenters. The van der Waals surface area contributed by atoms with Gasteiger partial charge in [-0.3, -0.25) is 15.2 Å². The van der Waals surface area contributed by atoms with Crippen molar-refractivity contribution < 1.29 is 0 Å². The molecule has 1 fully saturated rings. The highest BCUT2D eigenvalue weighted by Crippen LogP contribution is 2.21.